The van der Waals surface area contributed by atoms with Gasteiger partial charge in [-0.15, -0.1) is 11.3 Å². The number of hydrogen-bond donors (Lipinski definition) is 1. The summed E-state index contributed by atoms with van der Waals surface area (Å²) in [5.74, 6) is -0.520. The van der Waals surface area contributed by atoms with E-state index >= 15 is 0 Å². The van der Waals surface area contributed by atoms with Crippen molar-refractivity contribution in [1.29, 1.82) is 0 Å². The van der Waals surface area contributed by atoms with Gasteiger partial charge in [-0.3, -0.25) is 19.0 Å². The average Bonchev–Trinajstić information content (AvgIpc) is 3.51. The molecule has 5 heterocycles. The zero-order valence-electron chi connectivity index (χ0n) is 26.5. The highest BCUT2D eigenvalue weighted by Gasteiger charge is 2.42. The van der Waals surface area contributed by atoms with Gasteiger partial charge in [0.1, 0.15) is 15.0 Å². The van der Waals surface area contributed by atoms with E-state index in [1.807, 2.05) is 77.4 Å². The molecular weight excluding hydrogens is 648 g/mol. The number of thiazole rings is 1. The maximum atomic E-state index is 14.1. The summed E-state index contributed by atoms with van der Waals surface area (Å²) in [6, 6.07) is 23.0. The normalized spacial score (nSPS) is 19.4. The first-order valence-electron chi connectivity index (χ1n) is 16.1. The van der Waals surface area contributed by atoms with Crippen molar-refractivity contribution in [2.75, 3.05) is 26.2 Å². The van der Waals surface area contributed by atoms with Crippen molar-refractivity contribution in [3.63, 3.8) is 0 Å². The number of halogens is 1. The molecule has 2 saturated heterocycles. The fourth-order valence-electron chi connectivity index (χ4n) is 6.89. The molecule has 0 unspecified atom stereocenters. The van der Waals surface area contributed by atoms with Gasteiger partial charge in [0.2, 0.25) is 5.91 Å². The zero-order valence-corrected chi connectivity index (χ0v) is 28.0. The first kappa shape index (κ1) is 32.1. The number of rotatable bonds is 6. The molecule has 3 aromatic heterocycles. The predicted molar refractivity (Wildman–Crippen MR) is 185 cm³/mol. The van der Waals surface area contributed by atoms with E-state index in [4.69, 9.17) is 16.6 Å². The van der Waals surface area contributed by atoms with Crippen LogP contribution in [0.4, 0.5) is 0 Å². The number of aliphatic hydroxyl groups is 1. The van der Waals surface area contributed by atoms with Crippen molar-refractivity contribution in [2.24, 2.45) is 5.92 Å². The summed E-state index contributed by atoms with van der Waals surface area (Å²) in [5, 5.41) is 12.5. The molecule has 2 fully saturated rings. The summed E-state index contributed by atoms with van der Waals surface area (Å²) in [6.45, 7) is 3.52. The van der Waals surface area contributed by atoms with Crippen LogP contribution in [0.1, 0.15) is 46.1 Å². The van der Waals surface area contributed by atoms with Gasteiger partial charge in [0.15, 0.2) is 5.52 Å². The van der Waals surface area contributed by atoms with Crippen LogP contribution in [-0.2, 0) is 11.3 Å². The van der Waals surface area contributed by atoms with E-state index in [1.165, 1.54) is 22.2 Å². The SMILES string of the molecule is Cc1nc(-c2ccccc2)sc1C(=O)N1CC[C@@H](C(=O)N2CCC(O)(Cn3cnc4ccc(Cl)nc4c3=O)CC2)[C@H](c2ccccc2)C1. The van der Waals surface area contributed by atoms with Gasteiger partial charge in [-0.2, -0.15) is 0 Å². The van der Waals surface area contributed by atoms with Gasteiger partial charge in [0, 0.05) is 43.6 Å². The first-order chi connectivity index (χ1) is 23.2. The third kappa shape index (κ3) is 6.37. The Morgan fingerprint density at radius 1 is 0.958 bits per heavy atom. The summed E-state index contributed by atoms with van der Waals surface area (Å²) in [7, 11) is 0. The molecule has 10 nitrogen and oxygen atoms in total. The molecule has 2 amide bonds. The smallest absolute Gasteiger partial charge is 0.279 e. The van der Waals surface area contributed by atoms with Crippen LogP contribution in [0.3, 0.4) is 0 Å². The second kappa shape index (κ2) is 13.2. The predicted octanol–water partition coefficient (Wildman–Crippen LogP) is 5.18. The fourth-order valence-corrected chi connectivity index (χ4v) is 8.08. The molecule has 7 rings (SSSR count). The number of likely N-dealkylation sites (tertiary alicyclic amines) is 2. The highest BCUT2D eigenvalue weighted by molar-refractivity contribution is 7.17. The van der Waals surface area contributed by atoms with E-state index in [2.05, 4.69) is 9.97 Å². The zero-order chi connectivity index (χ0) is 33.4. The molecule has 12 heteroatoms. The van der Waals surface area contributed by atoms with Gasteiger partial charge >= 0.3 is 0 Å². The van der Waals surface area contributed by atoms with E-state index in [-0.39, 0.29) is 46.4 Å². The van der Waals surface area contributed by atoms with Crippen LogP contribution in [0.2, 0.25) is 5.15 Å². The van der Waals surface area contributed by atoms with Crippen molar-refractivity contribution >= 4 is 45.8 Å². The van der Waals surface area contributed by atoms with Gasteiger partial charge in [0.25, 0.3) is 11.5 Å². The van der Waals surface area contributed by atoms with Crippen LogP contribution in [-0.4, -0.2) is 78.0 Å². The van der Waals surface area contributed by atoms with Crippen LogP contribution >= 0.6 is 22.9 Å². The van der Waals surface area contributed by atoms with Crippen molar-refractivity contribution in [3.05, 3.63) is 111 Å². The monoisotopic (exact) mass is 682 g/mol. The van der Waals surface area contributed by atoms with E-state index in [0.29, 0.717) is 61.5 Å². The molecule has 1 N–H and O–H groups in total. The number of aromatic nitrogens is 4. The molecule has 246 valence electrons. The van der Waals surface area contributed by atoms with Crippen LogP contribution in [0.5, 0.6) is 0 Å². The highest BCUT2D eigenvalue weighted by atomic mass is 35.5. The Morgan fingerprint density at radius 3 is 2.40 bits per heavy atom. The van der Waals surface area contributed by atoms with Crippen LogP contribution < -0.4 is 5.56 Å². The van der Waals surface area contributed by atoms with E-state index in [9.17, 15) is 19.5 Å². The molecule has 48 heavy (non-hydrogen) atoms. The van der Waals surface area contributed by atoms with Gasteiger partial charge in [-0.1, -0.05) is 72.3 Å². The summed E-state index contributed by atoms with van der Waals surface area (Å²) in [5.41, 5.74) is 1.74. The number of fused-ring (bicyclic) bond motifs is 1. The van der Waals surface area contributed by atoms with Crippen LogP contribution in [0, 0.1) is 12.8 Å². The molecular formula is C36H35ClN6O4S. The minimum atomic E-state index is -1.19. The number of hydrogen-bond acceptors (Lipinski definition) is 8. The van der Waals surface area contributed by atoms with Crippen molar-refractivity contribution < 1.29 is 14.7 Å². The number of piperidine rings is 2. The minimum absolute atomic E-state index is 0.0294. The quantitative estimate of drug-likeness (QED) is 0.245. The average molecular weight is 683 g/mol. The minimum Gasteiger partial charge on any atom is -0.388 e. The van der Waals surface area contributed by atoms with Crippen LogP contribution in [0.25, 0.3) is 21.6 Å². The Labute approximate surface area is 286 Å². The second-order valence-electron chi connectivity index (χ2n) is 12.7. The van der Waals surface area contributed by atoms with Crippen molar-refractivity contribution in [1.82, 2.24) is 29.3 Å². The molecule has 0 spiro atoms. The molecule has 2 aliphatic heterocycles. The standard InChI is InChI=1S/C36H35ClN6O4S/c1-23-31(48-32(39-23)25-10-6-3-7-11-25)35(46)42-17-14-26(27(20-42)24-8-4-2-5-9-24)33(44)41-18-15-36(47,16-19-41)21-43-22-38-28-12-13-29(37)40-30(28)34(43)45/h2-13,22,26-27,47H,14-21H2,1H3/t26-,27+/m1/s1. The van der Waals surface area contributed by atoms with Crippen molar-refractivity contribution in [3.8, 4) is 10.6 Å². The molecule has 0 saturated carbocycles. The van der Waals surface area contributed by atoms with E-state index < -0.39 is 5.60 Å². The maximum Gasteiger partial charge on any atom is 0.279 e. The van der Waals surface area contributed by atoms with E-state index in [1.54, 1.807) is 12.1 Å². The molecule has 0 bridgehead atoms. The van der Waals surface area contributed by atoms with Gasteiger partial charge in [-0.05, 0) is 43.9 Å². The third-order valence-corrected chi connectivity index (χ3v) is 11.0. The first-order valence-corrected chi connectivity index (χ1v) is 17.3. The second-order valence-corrected chi connectivity index (χ2v) is 14.1. The lowest BCUT2D eigenvalue weighted by molar-refractivity contribution is -0.142. The molecule has 0 radical (unpaired) electrons. The van der Waals surface area contributed by atoms with Crippen molar-refractivity contribution in [2.45, 2.75) is 44.2 Å². The van der Waals surface area contributed by atoms with Gasteiger partial charge in [0.05, 0.1) is 29.7 Å². The largest absolute Gasteiger partial charge is 0.388 e. The fraction of sp³-hybridized carbons (Fsp3) is 0.333. The van der Waals surface area contributed by atoms with Gasteiger partial charge < -0.3 is 14.9 Å². The van der Waals surface area contributed by atoms with E-state index in [0.717, 1.165) is 16.1 Å². The highest BCUT2D eigenvalue weighted by Crippen LogP contribution is 2.37. The Balaban J connectivity index is 1.05. The Kier molecular flexibility index (Phi) is 8.84. The third-order valence-electron chi connectivity index (χ3n) is 9.57. The summed E-state index contributed by atoms with van der Waals surface area (Å²) in [4.78, 5) is 58.6. The topological polar surface area (TPSA) is 122 Å². The molecule has 2 aromatic carbocycles. The lowest BCUT2D eigenvalue weighted by Gasteiger charge is -2.43. The number of benzene rings is 2. The number of aryl methyl sites for hydroxylation is 1. The number of nitrogens with zero attached hydrogens (tertiary/aromatic N) is 6. The van der Waals surface area contributed by atoms with Crippen LogP contribution in [0.15, 0.2) is 83.9 Å². The molecule has 2 atom stereocenters. The summed E-state index contributed by atoms with van der Waals surface area (Å²) < 4.78 is 1.37. The molecule has 0 aliphatic carbocycles. The summed E-state index contributed by atoms with van der Waals surface area (Å²) in [6.07, 6.45) is 2.58. The number of pyridine rings is 1. The molecule has 2 aliphatic rings. The van der Waals surface area contributed by atoms with Gasteiger partial charge in [-0.25, -0.2) is 15.0 Å². The number of carbonyl (C=O) groups excluding carboxylic acids is 2. The maximum absolute atomic E-state index is 14.1. The Morgan fingerprint density at radius 2 is 1.67 bits per heavy atom. The Bertz CT molecular complexity index is 2030. The molecule has 5 aromatic rings. The summed E-state index contributed by atoms with van der Waals surface area (Å²) >= 11 is 7.41. The number of carbonyl (C=O) groups is 2. The lowest BCUT2D eigenvalue weighted by Crippen LogP contribution is -2.53. The Hall–Kier alpha value is -4.45. The number of amides is 2. The lowest BCUT2D eigenvalue weighted by atomic mass is 9.79.